The maximum atomic E-state index is 10.5. The van der Waals surface area contributed by atoms with Gasteiger partial charge in [-0.3, -0.25) is 0 Å². The van der Waals surface area contributed by atoms with Crippen molar-refractivity contribution in [3.63, 3.8) is 0 Å². The van der Waals surface area contributed by atoms with Crippen LogP contribution in [0.4, 0.5) is 0 Å². The Bertz CT molecular complexity index is 294. The third-order valence-electron chi connectivity index (χ3n) is 1.48. The Morgan fingerprint density at radius 3 is 2.64 bits per heavy atom. The van der Waals surface area contributed by atoms with Crippen molar-refractivity contribution in [3.8, 4) is 0 Å². The molecule has 0 saturated carbocycles. The maximum absolute atomic E-state index is 10.5. The highest BCUT2D eigenvalue weighted by molar-refractivity contribution is 7.27. The molecular weight excluding hydrogens is 159 g/mol. The van der Waals surface area contributed by atoms with Gasteiger partial charge in [-0.2, -0.15) is 0 Å². The van der Waals surface area contributed by atoms with Crippen LogP contribution in [0.2, 0.25) is 0 Å². The summed E-state index contributed by atoms with van der Waals surface area (Å²) in [6, 6.07) is 5.20. The summed E-state index contributed by atoms with van der Waals surface area (Å²) in [6.45, 7) is 1.79. The standard InChI is InChI=1S/C8H9O2P/c1-5-4-6(11)2-3-7(5)8(9)10/h2-4H,11H2,1H3,(H,9,10). The van der Waals surface area contributed by atoms with Crippen LogP contribution in [0.5, 0.6) is 0 Å². The number of carboxylic acid groups (broad SMARTS) is 1. The first kappa shape index (κ1) is 8.22. The van der Waals surface area contributed by atoms with E-state index in [-0.39, 0.29) is 0 Å². The normalized spacial score (nSPS) is 9.64. The first-order valence-corrected chi connectivity index (χ1v) is 3.78. The lowest BCUT2D eigenvalue weighted by Crippen LogP contribution is -2.02. The summed E-state index contributed by atoms with van der Waals surface area (Å²) in [5.74, 6) is -0.868. The zero-order valence-corrected chi connectivity index (χ0v) is 7.32. The predicted molar refractivity (Wildman–Crippen MR) is 47.5 cm³/mol. The van der Waals surface area contributed by atoms with Gasteiger partial charge in [0.25, 0.3) is 0 Å². The molecule has 0 aliphatic rings. The van der Waals surface area contributed by atoms with Crippen molar-refractivity contribution < 1.29 is 9.90 Å². The Morgan fingerprint density at radius 2 is 2.18 bits per heavy atom. The average Bonchev–Trinajstić information content (AvgIpc) is 1.85. The van der Waals surface area contributed by atoms with Gasteiger partial charge in [-0.05, 0) is 23.9 Å². The van der Waals surface area contributed by atoms with E-state index in [2.05, 4.69) is 9.24 Å². The van der Waals surface area contributed by atoms with Crippen molar-refractivity contribution in [2.24, 2.45) is 0 Å². The van der Waals surface area contributed by atoms with E-state index in [1.807, 2.05) is 6.07 Å². The number of rotatable bonds is 1. The molecule has 0 saturated heterocycles. The van der Waals surface area contributed by atoms with Gasteiger partial charge in [-0.1, -0.05) is 12.1 Å². The van der Waals surface area contributed by atoms with Crippen LogP contribution in [0.1, 0.15) is 15.9 Å². The van der Waals surface area contributed by atoms with Crippen LogP contribution in [0.15, 0.2) is 18.2 Å². The van der Waals surface area contributed by atoms with Crippen LogP contribution in [0.25, 0.3) is 0 Å². The van der Waals surface area contributed by atoms with Gasteiger partial charge in [-0.15, -0.1) is 9.24 Å². The van der Waals surface area contributed by atoms with Crippen molar-refractivity contribution >= 4 is 20.5 Å². The smallest absolute Gasteiger partial charge is 0.335 e. The van der Waals surface area contributed by atoms with Crippen molar-refractivity contribution in [1.82, 2.24) is 0 Å². The molecule has 1 N–H and O–H groups in total. The fourth-order valence-electron chi connectivity index (χ4n) is 0.927. The lowest BCUT2D eigenvalue weighted by molar-refractivity contribution is 0.0696. The predicted octanol–water partition coefficient (Wildman–Crippen LogP) is 1.19. The number of carboxylic acids is 1. The Morgan fingerprint density at radius 1 is 1.55 bits per heavy atom. The van der Waals surface area contributed by atoms with Crippen LogP contribution in [-0.4, -0.2) is 11.1 Å². The van der Waals surface area contributed by atoms with E-state index in [1.54, 1.807) is 19.1 Å². The van der Waals surface area contributed by atoms with Crippen LogP contribution in [-0.2, 0) is 0 Å². The molecule has 2 nitrogen and oxygen atoms in total. The lowest BCUT2D eigenvalue weighted by atomic mass is 10.1. The molecule has 1 atom stereocenters. The summed E-state index contributed by atoms with van der Waals surface area (Å²) in [5, 5.41) is 9.66. The molecule has 0 fully saturated rings. The summed E-state index contributed by atoms with van der Waals surface area (Å²) in [4.78, 5) is 10.5. The lowest BCUT2D eigenvalue weighted by Gasteiger charge is -1.99. The van der Waals surface area contributed by atoms with Crippen LogP contribution in [0, 0.1) is 6.92 Å². The summed E-state index contributed by atoms with van der Waals surface area (Å²) in [6.07, 6.45) is 0. The minimum absolute atomic E-state index is 0.371. The van der Waals surface area contributed by atoms with Gasteiger partial charge >= 0.3 is 5.97 Å². The third kappa shape index (κ3) is 1.78. The van der Waals surface area contributed by atoms with Crippen molar-refractivity contribution in [1.29, 1.82) is 0 Å². The van der Waals surface area contributed by atoms with Crippen LogP contribution in [0.3, 0.4) is 0 Å². The van der Waals surface area contributed by atoms with E-state index < -0.39 is 5.97 Å². The van der Waals surface area contributed by atoms with Crippen LogP contribution < -0.4 is 5.30 Å². The highest BCUT2D eigenvalue weighted by atomic mass is 31.0. The number of hydrogen-bond donors (Lipinski definition) is 1. The number of hydrogen-bond acceptors (Lipinski definition) is 1. The van der Waals surface area contributed by atoms with Gasteiger partial charge in [0.05, 0.1) is 5.56 Å². The zero-order valence-electron chi connectivity index (χ0n) is 6.16. The van der Waals surface area contributed by atoms with Gasteiger partial charge in [0.15, 0.2) is 0 Å². The molecule has 1 unspecified atom stereocenters. The first-order chi connectivity index (χ1) is 5.11. The van der Waals surface area contributed by atoms with E-state index in [0.29, 0.717) is 5.56 Å². The zero-order chi connectivity index (χ0) is 8.43. The van der Waals surface area contributed by atoms with E-state index in [1.165, 1.54) is 0 Å². The molecule has 0 aliphatic carbocycles. The topological polar surface area (TPSA) is 37.3 Å². The average molecular weight is 168 g/mol. The number of carbonyl (C=O) groups is 1. The molecule has 58 valence electrons. The fraction of sp³-hybridized carbons (Fsp3) is 0.125. The molecular formula is C8H9O2P. The quantitative estimate of drug-likeness (QED) is 0.639. The minimum atomic E-state index is -0.868. The molecule has 0 bridgehead atoms. The molecule has 0 radical (unpaired) electrons. The number of aromatic carboxylic acids is 1. The Labute approximate surface area is 67.4 Å². The van der Waals surface area contributed by atoms with Crippen molar-refractivity contribution in [3.05, 3.63) is 29.3 Å². The second-order valence-corrected chi connectivity index (χ2v) is 3.05. The number of aryl methyl sites for hydroxylation is 1. The monoisotopic (exact) mass is 168 g/mol. The molecule has 1 rings (SSSR count). The van der Waals surface area contributed by atoms with Crippen LogP contribution >= 0.6 is 9.24 Å². The minimum Gasteiger partial charge on any atom is -0.478 e. The SMILES string of the molecule is Cc1cc(P)ccc1C(=O)O. The Balaban J connectivity index is 3.20. The maximum Gasteiger partial charge on any atom is 0.335 e. The summed E-state index contributed by atoms with van der Waals surface area (Å²) in [7, 11) is 2.53. The molecule has 11 heavy (non-hydrogen) atoms. The molecule has 3 heteroatoms. The third-order valence-corrected chi connectivity index (χ3v) is 1.84. The second-order valence-electron chi connectivity index (χ2n) is 2.38. The number of benzene rings is 1. The van der Waals surface area contributed by atoms with Gasteiger partial charge in [0.1, 0.15) is 0 Å². The molecule has 0 heterocycles. The molecule has 0 amide bonds. The Kier molecular flexibility index (Phi) is 2.25. The molecule has 1 aromatic rings. The van der Waals surface area contributed by atoms with Gasteiger partial charge in [0.2, 0.25) is 0 Å². The van der Waals surface area contributed by atoms with E-state index >= 15 is 0 Å². The van der Waals surface area contributed by atoms with E-state index in [9.17, 15) is 4.79 Å². The summed E-state index contributed by atoms with van der Waals surface area (Å²) in [5.41, 5.74) is 1.17. The molecule has 0 aliphatic heterocycles. The largest absolute Gasteiger partial charge is 0.478 e. The van der Waals surface area contributed by atoms with E-state index in [0.717, 1.165) is 10.9 Å². The molecule has 0 spiro atoms. The van der Waals surface area contributed by atoms with Gasteiger partial charge < -0.3 is 5.11 Å². The highest BCUT2D eigenvalue weighted by Gasteiger charge is 2.04. The summed E-state index contributed by atoms with van der Waals surface area (Å²) >= 11 is 0. The highest BCUT2D eigenvalue weighted by Crippen LogP contribution is 2.06. The fourth-order valence-corrected chi connectivity index (χ4v) is 1.27. The van der Waals surface area contributed by atoms with Gasteiger partial charge in [0, 0.05) is 0 Å². The van der Waals surface area contributed by atoms with Crippen molar-refractivity contribution in [2.75, 3.05) is 0 Å². The van der Waals surface area contributed by atoms with Gasteiger partial charge in [-0.25, -0.2) is 4.79 Å². The molecule has 0 aromatic heterocycles. The Hall–Kier alpha value is -0.880. The van der Waals surface area contributed by atoms with Crippen molar-refractivity contribution in [2.45, 2.75) is 6.92 Å². The first-order valence-electron chi connectivity index (χ1n) is 3.20. The second kappa shape index (κ2) is 3.02. The molecule has 1 aromatic carbocycles. The van der Waals surface area contributed by atoms with E-state index in [4.69, 9.17) is 5.11 Å². The summed E-state index contributed by atoms with van der Waals surface area (Å²) < 4.78 is 0.